The Labute approximate surface area is 84.6 Å². The van der Waals surface area contributed by atoms with Gasteiger partial charge >= 0.3 is 5.97 Å². The summed E-state index contributed by atoms with van der Waals surface area (Å²) in [5.41, 5.74) is -0.892. The first-order valence-electron chi connectivity index (χ1n) is 5.12. The summed E-state index contributed by atoms with van der Waals surface area (Å²) in [7, 11) is 1.53. The Morgan fingerprint density at radius 1 is 1.64 bits per heavy atom. The average Bonchev–Trinajstić information content (AvgIpc) is 2.95. The van der Waals surface area contributed by atoms with Crippen molar-refractivity contribution in [3.8, 4) is 0 Å². The van der Waals surface area contributed by atoms with Crippen molar-refractivity contribution in [3.63, 3.8) is 0 Å². The molecule has 0 amide bonds. The number of hydrogen-bond acceptors (Lipinski definition) is 3. The van der Waals surface area contributed by atoms with Gasteiger partial charge in [0, 0.05) is 7.11 Å². The fraction of sp³-hybridized carbons (Fsp3) is 0.900. The zero-order chi connectivity index (χ0) is 10.6. The number of ether oxygens (including phenoxy) is 1. The van der Waals surface area contributed by atoms with Gasteiger partial charge in [-0.3, -0.25) is 10.1 Å². The third-order valence-electron chi connectivity index (χ3n) is 2.83. The molecule has 14 heavy (non-hydrogen) atoms. The third kappa shape index (κ3) is 2.69. The van der Waals surface area contributed by atoms with E-state index in [0.29, 0.717) is 12.3 Å². The van der Waals surface area contributed by atoms with Gasteiger partial charge in [0.1, 0.15) is 5.54 Å². The van der Waals surface area contributed by atoms with E-state index in [0.717, 1.165) is 6.54 Å². The van der Waals surface area contributed by atoms with Gasteiger partial charge in [0.15, 0.2) is 0 Å². The summed E-state index contributed by atoms with van der Waals surface area (Å²) in [6, 6.07) is 0. The molecular weight excluding hydrogens is 182 g/mol. The van der Waals surface area contributed by atoms with Crippen LogP contribution in [0.1, 0.15) is 26.2 Å². The van der Waals surface area contributed by atoms with E-state index in [1.165, 1.54) is 20.0 Å². The molecule has 0 aromatic rings. The third-order valence-corrected chi connectivity index (χ3v) is 2.83. The maximum Gasteiger partial charge on any atom is 0.326 e. The van der Waals surface area contributed by atoms with Crippen LogP contribution in [0.25, 0.3) is 0 Å². The lowest BCUT2D eigenvalue weighted by atomic mass is 9.97. The lowest BCUT2D eigenvalue weighted by molar-refractivity contribution is -0.147. The molecule has 1 fully saturated rings. The van der Waals surface area contributed by atoms with Crippen molar-refractivity contribution in [1.82, 2.24) is 5.32 Å². The first-order valence-corrected chi connectivity index (χ1v) is 5.12. The molecule has 2 N–H and O–H groups in total. The second-order valence-electron chi connectivity index (χ2n) is 4.00. The lowest BCUT2D eigenvalue weighted by Crippen LogP contribution is -2.55. The molecule has 1 aliphatic carbocycles. The van der Waals surface area contributed by atoms with Crippen molar-refractivity contribution in [2.24, 2.45) is 5.92 Å². The number of aliphatic carboxylic acids is 1. The van der Waals surface area contributed by atoms with E-state index >= 15 is 0 Å². The largest absolute Gasteiger partial charge is 0.480 e. The normalized spacial score (nSPS) is 20.4. The van der Waals surface area contributed by atoms with Gasteiger partial charge in [-0.1, -0.05) is 6.92 Å². The Morgan fingerprint density at radius 3 is 2.64 bits per heavy atom. The molecular formula is C10H19NO3. The topological polar surface area (TPSA) is 58.6 Å². The summed E-state index contributed by atoms with van der Waals surface area (Å²) in [4.78, 5) is 11.1. The molecule has 1 unspecified atom stereocenters. The number of methoxy groups -OCH3 is 1. The molecule has 0 aromatic carbocycles. The van der Waals surface area contributed by atoms with E-state index in [4.69, 9.17) is 9.84 Å². The van der Waals surface area contributed by atoms with Crippen molar-refractivity contribution in [1.29, 1.82) is 0 Å². The number of hydrogen-bond donors (Lipinski definition) is 2. The average molecular weight is 201 g/mol. The summed E-state index contributed by atoms with van der Waals surface area (Å²) in [5, 5.41) is 12.3. The maximum absolute atomic E-state index is 11.1. The highest BCUT2D eigenvalue weighted by atomic mass is 16.5. The number of carbonyl (C=O) groups is 1. The minimum Gasteiger partial charge on any atom is -0.480 e. The molecule has 0 radical (unpaired) electrons. The summed E-state index contributed by atoms with van der Waals surface area (Å²) < 4.78 is 4.97. The van der Waals surface area contributed by atoms with Gasteiger partial charge in [0.05, 0.1) is 6.61 Å². The number of carboxylic acid groups (broad SMARTS) is 1. The van der Waals surface area contributed by atoms with Crippen LogP contribution in [0.5, 0.6) is 0 Å². The number of nitrogens with one attached hydrogen (secondary N) is 1. The van der Waals surface area contributed by atoms with Gasteiger partial charge in [0.2, 0.25) is 0 Å². The van der Waals surface area contributed by atoms with Crippen LogP contribution in [0.2, 0.25) is 0 Å². The van der Waals surface area contributed by atoms with Crippen molar-refractivity contribution in [2.75, 3.05) is 20.3 Å². The number of carboxylic acids is 1. The van der Waals surface area contributed by atoms with Crippen LogP contribution in [-0.2, 0) is 9.53 Å². The zero-order valence-corrected chi connectivity index (χ0v) is 8.88. The van der Waals surface area contributed by atoms with Crippen LogP contribution < -0.4 is 5.32 Å². The van der Waals surface area contributed by atoms with Gasteiger partial charge in [-0.05, 0) is 31.7 Å². The standard InChI is InChI=1S/C10H19NO3/c1-3-10(7-14-2,9(12)13)11-6-8-4-5-8/h8,11H,3-7H2,1-2H3,(H,12,13). The first kappa shape index (κ1) is 11.5. The zero-order valence-electron chi connectivity index (χ0n) is 8.88. The monoisotopic (exact) mass is 201 g/mol. The Morgan fingerprint density at radius 2 is 2.29 bits per heavy atom. The van der Waals surface area contributed by atoms with E-state index in [2.05, 4.69) is 5.32 Å². The molecule has 0 heterocycles. The van der Waals surface area contributed by atoms with E-state index < -0.39 is 11.5 Å². The second-order valence-corrected chi connectivity index (χ2v) is 4.00. The minimum absolute atomic E-state index is 0.228. The highest BCUT2D eigenvalue weighted by molar-refractivity contribution is 5.79. The fourth-order valence-corrected chi connectivity index (χ4v) is 1.47. The molecule has 0 aromatic heterocycles. The maximum atomic E-state index is 11.1. The van der Waals surface area contributed by atoms with Crippen molar-refractivity contribution in [3.05, 3.63) is 0 Å². The lowest BCUT2D eigenvalue weighted by Gasteiger charge is -2.28. The molecule has 0 aliphatic heterocycles. The van der Waals surface area contributed by atoms with Crippen LogP contribution in [0.4, 0.5) is 0 Å². The minimum atomic E-state index is -0.892. The van der Waals surface area contributed by atoms with Crippen LogP contribution in [0.3, 0.4) is 0 Å². The molecule has 82 valence electrons. The van der Waals surface area contributed by atoms with E-state index in [9.17, 15) is 4.79 Å². The SMILES string of the molecule is CCC(COC)(NCC1CC1)C(=O)O. The van der Waals surface area contributed by atoms with Crippen LogP contribution >= 0.6 is 0 Å². The summed E-state index contributed by atoms with van der Waals surface area (Å²) in [6.07, 6.45) is 2.99. The molecule has 4 nitrogen and oxygen atoms in total. The van der Waals surface area contributed by atoms with Crippen LogP contribution in [0, 0.1) is 5.92 Å². The Kier molecular flexibility index (Phi) is 3.89. The molecule has 4 heteroatoms. The quantitative estimate of drug-likeness (QED) is 0.641. The predicted molar refractivity (Wildman–Crippen MR) is 53.3 cm³/mol. The highest BCUT2D eigenvalue weighted by Crippen LogP contribution is 2.28. The molecule has 1 atom stereocenters. The molecule has 1 aliphatic rings. The predicted octanol–water partition coefficient (Wildman–Crippen LogP) is 0.866. The molecule has 1 saturated carbocycles. The summed E-state index contributed by atoms with van der Waals surface area (Å²) >= 11 is 0. The first-order chi connectivity index (χ1) is 6.64. The van der Waals surface area contributed by atoms with E-state index in [1.807, 2.05) is 6.92 Å². The van der Waals surface area contributed by atoms with Gasteiger partial charge in [0.25, 0.3) is 0 Å². The second kappa shape index (κ2) is 4.75. The van der Waals surface area contributed by atoms with E-state index in [-0.39, 0.29) is 6.61 Å². The smallest absolute Gasteiger partial charge is 0.326 e. The van der Waals surface area contributed by atoms with Gasteiger partial charge < -0.3 is 9.84 Å². The van der Waals surface area contributed by atoms with Crippen molar-refractivity contribution in [2.45, 2.75) is 31.7 Å². The van der Waals surface area contributed by atoms with Crippen molar-refractivity contribution >= 4 is 5.97 Å². The number of rotatable bonds is 7. The van der Waals surface area contributed by atoms with Crippen LogP contribution in [-0.4, -0.2) is 36.9 Å². The summed E-state index contributed by atoms with van der Waals surface area (Å²) in [5.74, 6) is -0.139. The molecule has 0 saturated heterocycles. The van der Waals surface area contributed by atoms with Gasteiger partial charge in [-0.25, -0.2) is 0 Å². The molecule has 0 spiro atoms. The van der Waals surface area contributed by atoms with E-state index in [1.54, 1.807) is 0 Å². The Balaban J connectivity index is 2.50. The Hall–Kier alpha value is -0.610. The van der Waals surface area contributed by atoms with Gasteiger partial charge in [-0.15, -0.1) is 0 Å². The summed E-state index contributed by atoms with van der Waals surface area (Å²) in [6.45, 7) is 2.89. The Bertz CT molecular complexity index is 204. The molecule has 0 bridgehead atoms. The fourth-order valence-electron chi connectivity index (χ4n) is 1.47. The van der Waals surface area contributed by atoms with Crippen LogP contribution in [0.15, 0.2) is 0 Å². The van der Waals surface area contributed by atoms with Crippen molar-refractivity contribution < 1.29 is 14.6 Å². The molecule has 1 rings (SSSR count). The van der Waals surface area contributed by atoms with Gasteiger partial charge in [-0.2, -0.15) is 0 Å². The highest BCUT2D eigenvalue weighted by Gasteiger charge is 2.37.